The molecule has 0 spiro atoms. The summed E-state index contributed by atoms with van der Waals surface area (Å²) in [5.41, 5.74) is 0. The van der Waals surface area contributed by atoms with E-state index < -0.39 is 43.4 Å². The molecule has 0 radical (unpaired) electrons. The second-order valence-electron chi connectivity index (χ2n) is 20.4. The van der Waals surface area contributed by atoms with Gasteiger partial charge in [0.25, 0.3) is 0 Å². The molecule has 414 valence electrons. The largest absolute Gasteiger partial charge is 0.457 e. The number of unbranched alkanes of at least 4 members (excludes halogenated alkanes) is 31. The Morgan fingerprint density at radius 3 is 1.30 bits per heavy atom. The number of rotatable bonds is 52. The van der Waals surface area contributed by atoms with Crippen molar-refractivity contribution in [1.29, 1.82) is 0 Å². The summed E-state index contributed by atoms with van der Waals surface area (Å²) < 4.78 is 23.0. The van der Waals surface area contributed by atoms with Gasteiger partial charge in [0.1, 0.15) is 30.5 Å². The summed E-state index contributed by atoms with van der Waals surface area (Å²) in [7, 11) is 0. The van der Waals surface area contributed by atoms with Crippen molar-refractivity contribution >= 4 is 5.97 Å². The van der Waals surface area contributed by atoms with Crippen molar-refractivity contribution in [2.75, 3.05) is 26.4 Å². The van der Waals surface area contributed by atoms with E-state index in [0.717, 1.165) is 77.0 Å². The highest BCUT2D eigenvalue weighted by Gasteiger charge is 2.44. The van der Waals surface area contributed by atoms with E-state index >= 15 is 0 Å². The molecule has 9 nitrogen and oxygen atoms in total. The van der Waals surface area contributed by atoms with Crippen molar-refractivity contribution in [2.45, 2.75) is 301 Å². The predicted octanol–water partition coefficient (Wildman–Crippen LogP) is 15.8. The normalized spacial score (nSPS) is 19.2. The Hall–Kier alpha value is -2.11. The number of hydrogen-bond acceptors (Lipinski definition) is 9. The fourth-order valence-corrected chi connectivity index (χ4v) is 9.11. The second kappa shape index (κ2) is 52.7. The number of carbonyl (C=O) groups excluding carboxylic acids is 1. The van der Waals surface area contributed by atoms with Gasteiger partial charge in [-0.15, -0.1) is 0 Å². The van der Waals surface area contributed by atoms with Crippen LogP contribution < -0.4 is 0 Å². The van der Waals surface area contributed by atoms with Crippen molar-refractivity contribution in [2.24, 2.45) is 0 Å². The SMILES string of the molecule is CC/C=C\C/C=C\C/C=C\C/C=C\C/C=C\CCCCCCCCCCOCC(COC1OC(CO)C(O)C(O)C1O)OC(=O)CCCCCCCCCCCCCCCCCCCCCCCCCC. The molecular weight excluding hydrogens is 889 g/mol. The monoisotopic (exact) mass is 1000 g/mol. The number of ether oxygens (including phenoxy) is 4. The zero-order valence-corrected chi connectivity index (χ0v) is 46.0. The van der Waals surface area contributed by atoms with Gasteiger partial charge in [0, 0.05) is 13.0 Å². The Labute approximate surface area is 436 Å². The van der Waals surface area contributed by atoms with Gasteiger partial charge in [0.05, 0.1) is 19.8 Å². The van der Waals surface area contributed by atoms with Crippen LogP contribution in [0.4, 0.5) is 0 Å². The fraction of sp³-hybridized carbons (Fsp3) is 0.823. The van der Waals surface area contributed by atoms with Gasteiger partial charge in [-0.2, -0.15) is 0 Å². The van der Waals surface area contributed by atoms with Gasteiger partial charge >= 0.3 is 5.97 Å². The summed E-state index contributed by atoms with van der Waals surface area (Å²) in [6.45, 7) is 4.47. The maximum atomic E-state index is 12.9. The lowest BCUT2D eigenvalue weighted by molar-refractivity contribution is -0.305. The highest BCUT2D eigenvalue weighted by atomic mass is 16.7. The molecule has 1 aliphatic rings. The van der Waals surface area contributed by atoms with Gasteiger partial charge in [-0.3, -0.25) is 4.79 Å². The number of carbonyl (C=O) groups is 1. The minimum absolute atomic E-state index is 0.116. The van der Waals surface area contributed by atoms with E-state index in [2.05, 4.69) is 74.6 Å². The lowest BCUT2D eigenvalue weighted by Crippen LogP contribution is -2.59. The maximum absolute atomic E-state index is 12.9. The quantitative estimate of drug-likeness (QED) is 0.0267. The number of aliphatic hydroxyl groups is 4. The van der Waals surface area contributed by atoms with E-state index in [0.29, 0.717) is 13.0 Å². The molecule has 0 aromatic carbocycles. The third-order valence-corrected chi connectivity index (χ3v) is 13.7. The first kappa shape index (κ1) is 66.9. The van der Waals surface area contributed by atoms with Gasteiger partial charge in [0.15, 0.2) is 6.29 Å². The molecule has 1 aliphatic heterocycles. The molecular formula is C62H112O9. The number of allylic oxidation sites excluding steroid dienone is 10. The Morgan fingerprint density at radius 2 is 0.859 bits per heavy atom. The summed E-state index contributed by atoms with van der Waals surface area (Å²) in [6, 6.07) is 0. The zero-order valence-electron chi connectivity index (χ0n) is 46.0. The van der Waals surface area contributed by atoms with Gasteiger partial charge in [-0.1, -0.05) is 261 Å². The van der Waals surface area contributed by atoms with Crippen LogP contribution in [0.25, 0.3) is 0 Å². The average Bonchev–Trinajstić information content (AvgIpc) is 3.37. The van der Waals surface area contributed by atoms with Crippen LogP contribution in [0.15, 0.2) is 60.8 Å². The van der Waals surface area contributed by atoms with Crippen LogP contribution in [-0.4, -0.2) is 89.6 Å². The summed E-state index contributed by atoms with van der Waals surface area (Å²) in [4.78, 5) is 12.9. The molecule has 1 fully saturated rings. The smallest absolute Gasteiger partial charge is 0.306 e. The zero-order chi connectivity index (χ0) is 51.3. The van der Waals surface area contributed by atoms with E-state index in [1.54, 1.807) is 0 Å². The molecule has 6 unspecified atom stereocenters. The topological polar surface area (TPSA) is 135 Å². The predicted molar refractivity (Wildman–Crippen MR) is 298 cm³/mol. The van der Waals surface area contributed by atoms with Gasteiger partial charge in [-0.25, -0.2) is 0 Å². The Morgan fingerprint density at radius 1 is 0.465 bits per heavy atom. The number of aliphatic hydroxyl groups excluding tert-OH is 4. The van der Waals surface area contributed by atoms with E-state index in [4.69, 9.17) is 18.9 Å². The first-order valence-electron chi connectivity index (χ1n) is 29.9. The van der Waals surface area contributed by atoms with Crippen LogP contribution in [0.2, 0.25) is 0 Å². The highest BCUT2D eigenvalue weighted by Crippen LogP contribution is 2.23. The molecule has 1 heterocycles. The van der Waals surface area contributed by atoms with E-state index in [-0.39, 0.29) is 19.2 Å². The first-order valence-corrected chi connectivity index (χ1v) is 29.9. The van der Waals surface area contributed by atoms with Crippen LogP contribution in [-0.2, 0) is 23.7 Å². The molecule has 6 atom stereocenters. The molecule has 1 saturated heterocycles. The standard InChI is InChI=1S/C62H112O9/c1-3-5-7-9-11-13-15-17-19-21-23-25-27-29-31-33-35-37-39-41-43-45-47-49-51-58(64)70-56(55-69-62-61(67)60(66)59(65)57(53-63)71-62)54-68-52-50-48-46-44-42-40-38-36-34-32-30-28-26-24-22-20-18-16-14-12-10-8-6-4-2/h6,8,12,14,18,20,24,26,30,32,56-57,59-63,65-67H,3-5,7,9-11,13,15-17,19,21-23,25,27-29,31,33-55H2,1-2H3/b8-6-,14-12-,20-18-,26-24-,32-30-. The Kier molecular flexibility index (Phi) is 49.7. The van der Waals surface area contributed by atoms with Crippen LogP contribution in [0.1, 0.15) is 264 Å². The summed E-state index contributed by atoms with van der Waals surface area (Å²) >= 11 is 0. The Bertz CT molecular complexity index is 1280. The lowest BCUT2D eigenvalue weighted by atomic mass is 9.99. The highest BCUT2D eigenvalue weighted by molar-refractivity contribution is 5.69. The fourth-order valence-electron chi connectivity index (χ4n) is 9.11. The minimum Gasteiger partial charge on any atom is -0.457 e. The van der Waals surface area contributed by atoms with Crippen LogP contribution in [0.5, 0.6) is 0 Å². The third-order valence-electron chi connectivity index (χ3n) is 13.7. The van der Waals surface area contributed by atoms with Crippen LogP contribution in [0, 0.1) is 0 Å². The molecule has 1 rings (SSSR count). The van der Waals surface area contributed by atoms with Crippen molar-refractivity contribution in [1.82, 2.24) is 0 Å². The molecule has 4 N–H and O–H groups in total. The van der Waals surface area contributed by atoms with Crippen molar-refractivity contribution in [3.63, 3.8) is 0 Å². The molecule has 9 heteroatoms. The van der Waals surface area contributed by atoms with Crippen LogP contribution in [0.3, 0.4) is 0 Å². The number of hydrogen-bond donors (Lipinski definition) is 4. The third kappa shape index (κ3) is 42.9. The van der Waals surface area contributed by atoms with Crippen molar-refractivity contribution in [3.8, 4) is 0 Å². The van der Waals surface area contributed by atoms with E-state index in [1.165, 1.54) is 167 Å². The molecule has 71 heavy (non-hydrogen) atoms. The van der Waals surface area contributed by atoms with E-state index in [1.807, 2.05) is 0 Å². The van der Waals surface area contributed by atoms with E-state index in [9.17, 15) is 25.2 Å². The molecule has 0 bridgehead atoms. The van der Waals surface area contributed by atoms with Gasteiger partial charge in [-0.05, 0) is 57.8 Å². The van der Waals surface area contributed by atoms with Crippen LogP contribution >= 0.6 is 0 Å². The summed E-state index contributed by atoms with van der Waals surface area (Å²) in [5.74, 6) is -0.312. The molecule has 0 aromatic rings. The van der Waals surface area contributed by atoms with Crippen molar-refractivity contribution < 1.29 is 44.2 Å². The molecule has 0 amide bonds. The number of esters is 1. The molecule has 0 saturated carbocycles. The lowest BCUT2D eigenvalue weighted by Gasteiger charge is -2.39. The minimum atomic E-state index is -1.54. The molecule has 0 aromatic heterocycles. The molecule has 0 aliphatic carbocycles. The second-order valence-corrected chi connectivity index (χ2v) is 20.4. The van der Waals surface area contributed by atoms with Gasteiger partial charge < -0.3 is 39.4 Å². The van der Waals surface area contributed by atoms with Crippen molar-refractivity contribution in [3.05, 3.63) is 60.8 Å². The average molecular weight is 1000 g/mol. The summed E-state index contributed by atoms with van der Waals surface area (Å²) in [5, 5.41) is 40.4. The first-order chi connectivity index (χ1) is 34.9. The summed E-state index contributed by atoms with van der Waals surface area (Å²) in [6.07, 6.45) is 62.7. The van der Waals surface area contributed by atoms with Gasteiger partial charge in [0.2, 0.25) is 0 Å². The Balaban J connectivity index is 2.14. The maximum Gasteiger partial charge on any atom is 0.306 e.